The fourth-order valence-corrected chi connectivity index (χ4v) is 1.99. The zero-order valence-corrected chi connectivity index (χ0v) is 11.7. The highest BCUT2D eigenvalue weighted by Crippen LogP contribution is 2.22. The van der Waals surface area contributed by atoms with Gasteiger partial charge in [0.05, 0.1) is 11.6 Å². The van der Waals surface area contributed by atoms with Crippen molar-refractivity contribution in [2.24, 2.45) is 0 Å². The summed E-state index contributed by atoms with van der Waals surface area (Å²) in [5.74, 6) is 1.61. The van der Waals surface area contributed by atoms with Crippen molar-refractivity contribution in [1.29, 1.82) is 5.26 Å². The van der Waals surface area contributed by atoms with Gasteiger partial charge in [-0.3, -0.25) is 0 Å². The van der Waals surface area contributed by atoms with Crippen LogP contribution >= 0.6 is 0 Å². The van der Waals surface area contributed by atoms with Crippen LogP contribution in [0.2, 0.25) is 0 Å². The molecule has 0 aliphatic carbocycles. The molecule has 2 aromatic rings. The number of aryl methyl sites for hydroxylation is 2. The molecule has 3 nitrogen and oxygen atoms in total. The highest BCUT2D eigenvalue weighted by atomic mass is 16.5. The molecule has 0 heterocycles. The second-order valence-corrected chi connectivity index (χ2v) is 4.56. The summed E-state index contributed by atoms with van der Waals surface area (Å²) in [6, 6.07) is 15.3. The lowest BCUT2D eigenvalue weighted by molar-refractivity contribution is 0.215. The fraction of sp³-hybridized carbons (Fsp3) is 0.235. The summed E-state index contributed by atoms with van der Waals surface area (Å²) in [7, 11) is 0. The van der Waals surface area contributed by atoms with Gasteiger partial charge in [-0.1, -0.05) is 24.3 Å². The Morgan fingerprint density at radius 3 is 2.30 bits per heavy atom. The molecular formula is C17H17NO2. The van der Waals surface area contributed by atoms with Gasteiger partial charge in [-0.05, 0) is 43.2 Å². The first-order valence-electron chi connectivity index (χ1n) is 6.52. The van der Waals surface area contributed by atoms with Crippen LogP contribution in [0.15, 0.2) is 42.5 Å². The quantitative estimate of drug-likeness (QED) is 0.777. The molecule has 0 fully saturated rings. The molecule has 0 aromatic heterocycles. The van der Waals surface area contributed by atoms with E-state index in [1.165, 1.54) is 0 Å². The van der Waals surface area contributed by atoms with Crippen molar-refractivity contribution in [3.63, 3.8) is 0 Å². The fourth-order valence-electron chi connectivity index (χ4n) is 1.99. The second kappa shape index (κ2) is 6.63. The molecule has 0 radical (unpaired) electrons. The van der Waals surface area contributed by atoms with Crippen molar-refractivity contribution >= 4 is 0 Å². The van der Waals surface area contributed by atoms with Crippen molar-refractivity contribution in [3.8, 4) is 17.6 Å². The first-order valence-corrected chi connectivity index (χ1v) is 6.52. The minimum Gasteiger partial charge on any atom is -0.490 e. The minimum atomic E-state index is 0.447. The Bertz CT molecular complexity index is 609. The topological polar surface area (TPSA) is 42.2 Å². The molecule has 2 aromatic carbocycles. The lowest BCUT2D eigenvalue weighted by Crippen LogP contribution is -2.10. The van der Waals surface area contributed by atoms with Crippen LogP contribution in [-0.2, 0) is 0 Å². The molecular weight excluding hydrogens is 250 g/mol. The van der Waals surface area contributed by atoms with E-state index in [0.29, 0.717) is 24.5 Å². The summed E-state index contributed by atoms with van der Waals surface area (Å²) in [6.45, 7) is 4.98. The number of benzene rings is 2. The molecule has 0 amide bonds. The van der Waals surface area contributed by atoms with E-state index in [-0.39, 0.29) is 0 Å². The van der Waals surface area contributed by atoms with Crippen LogP contribution in [-0.4, -0.2) is 13.2 Å². The van der Waals surface area contributed by atoms with Crippen molar-refractivity contribution in [1.82, 2.24) is 0 Å². The molecule has 0 atom stereocenters. The first kappa shape index (κ1) is 14.0. The maximum absolute atomic E-state index is 8.81. The molecule has 102 valence electrons. The number of nitriles is 1. The van der Waals surface area contributed by atoms with Gasteiger partial charge in [-0.2, -0.15) is 5.26 Å². The summed E-state index contributed by atoms with van der Waals surface area (Å²) in [5.41, 5.74) is 2.84. The highest BCUT2D eigenvalue weighted by Gasteiger charge is 2.03. The summed E-state index contributed by atoms with van der Waals surface area (Å²) < 4.78 is 11.3. The minimum absolute atomic E-state index is 0.447. The smallest absolute Gasteiger partial charge is 0.125 e. The third-order valence-electron chi connectivity index (χ3n) is 2.97. The van der Waals surface area contributed by atoms with Crippen LogP contribution in [0.4, 0.5) is 0 Å². The van der Waals surface area contributed by atoms with Gasteiger partial charge in [0, 0.05) is 0 Å². The number of rotatable bonds is 5. The maximum Gasteiger partial charge on any atom is 0.125 e. The third kappa shape index (κ3) is 3.52. The number of ether oxygens (including phenoxy) is 2. The molecule has 2 rings (SSSR count). The van der Waals surface area contributed by atoms with E-state index in [9.17, 15) is 0 Å². The zero-order valence-electron chi connectivity index (χ0n) is 11.7. The van der Waals surface area contributed by atoms with Crippen LogP contribution < -0.4 is 9.47 Å². The summed E-state index contributed by atoms with van der Waals surface area (Å²) >= 11 is 0. The average molecular weight is 267 g/mol. The zero-order chi connectivity index (χ0) is 14.4. The Morgan fingerprint density at radius 1 is 0.950 bits per heavy atom. The SMILES string of the molecule is Cc1cccc(C)c1OCCOc1cccc(C#N)c1. The standard InChI is InChI=1S/C17H17NO2/c1-13-5-3-6-14(2)17(13)20-10-9-19-16-8-4-7-15(11-16)12-18/h3-8,11H,9-10H2,1-2H3. The van der Waals surface area contributed by atoms with E-state index in [1.54, 1.807) is 18.2 Å². The molecule has 20 heavy (non-hydrogen) atoms. The lowest BCUT2D eigenvalue weighted by atomic mass is 10.1. The van der Waals surface area contributed by atoms with Gasteiger partial charge in [0.2, 0.25) is 0 Å². The summed E-state index contributed by atoms with van der Waals surface area (Å²) in [6.07, 6.45) is 0. The van der Waals surface area contributed by atoms with Crippen molar-refractivity contribution in [2.75, 3.05) is 13.2 Å². The van der Waals surface area contributed by atoms with Gasteiger partial charge in [0.15, 0.2) is 0 Å². The van der Waals surface area contributed by atoms with Gasteiger partial charge in [-0.15, -0.1) is 0 Å². The van der Waals surface area contributed by atoms with Gasteiger partial charge in [-0.25, -0.2) is 0 Å². The Hall–Kier alpha value is -2.47. The van der Waals surface area contributed by atoms with Crippen molar-refractivity contribution in [3.05, 3.63) is 59.2 Å². The highest BCUT2D eigenvalue weighted by molar-refractivity contribution is 5.39. The van der Waals surface area contributed by atoms with Crippen molar-refractivity contribution < 1.29 is 9.47 Å². The predicted molar refractivity (Wildman–Crippen MR) is 78.1 cm³/mol. The van der Waals surface area contributed by atoms with E-state index in [1.807, 2.05) is 38.1 Å². The third-order valence-corrected chi connectivity index (χ3v) is 2.97. The molecule has 0 bridgehead atoms. The molecule has 0 aliphatic rings. The van der Waals surface area contributed by atoms with Crippen LogP contribution in [0.1, 0.15) is 16.7 Å². The monoisotopic (exact) mass is 267 g/mol. The van der Waals surface area contributed by atoms with Crippen molar-refractivity contribution in [2.45, 2.75) is 13.8 Å². The first-order chi connectivity index (χ1) is 9.70. The normalized spacial score (nSPS) is 9.85. The molecule has 0 saturated carbocycles. The Labute approximate surface area is 119 Å². The molecule has 0 unspecified atom stereocenters. The van der Waals surface area contributed by atoms with E-state index < -0.39 is 0 Å². The molecule has 3 heteroatoms. The van der Waals surface area contributed by atoms with Crippen LogP contribution in [0.5, 0.6) is 11.5 Å². The number of hydrogen-bond acceptors (Lipinski definition) is 3. The Morgan fingerprint density at radius 2 is 1.60 bits per heavy atom. The van der Waals surface area contributed by atoms with Gasteiger partial charge >= 0.3 is 0 Å². The molecule has 0 spiro atoms. The lowest BCUT2D eigenvalue weighted by Gasteiger charge is -2.12. The average Bonchev–Trinajstić information content (AvgIpc) is 2.46. The van der Waals surface area contributed by atoms with E-state index in [4.69, 9.17) is 14.7 Å². The predicted octanol–water partition coefficient (Wildman–Crippen LogP) is 3.63. The molecule has 0 saturated heterocycles. The largest absolute Gasteiger partial charge is 0.490 e. The Balaban J connectivity index is 1.86. The summed E-state index contributed by atoms with van der Waals surface area (Å²) in [5, 5.41) is 8.81. The van der Waals surface area contributed by atoms with Gasteiger partial charge in [0.25, 0.3) is 0 Å². The van der Waals surface area contributed by atoms with Crippen LogP contribution in [0, 0.1) is 25.2 Å². The van der Waals surface area contributed by atoms with Gasteiger partial charge in [0.1, 0.15) is 24.7 Å². The van der Waals surface area contributed by atoms with E-state index in [2.05, 4.69) is 6.07 Å². The van der Waals surface area contributed by atoms with Crippen LogP contribution in [0.3, 0.4) is 0 Å². The van der Waals surface area contributed by atoms with E-state index >= 15 is 0 Å². The second-order valence-electron chi connectivity index (χ2n) is 4.56. The number of hydrogen-bond donors (Lipinski definition) is 0. The number of para-hydroxylation sites is 1. The number of nitrogens with zero attached hydrogens (tertiary/aromatic N) is 1. The molecule has 0 aliphatic heterocycles. The van der Waals surface area contributed by atoms with Gasteiger partial charge < -0.3 is 9.47 Å². The van der Waals surface area contributed by atoms with Crippen LogP contribution in [0.25, 0.3) is 0 Å². The molecule has 0 N–H and O–H groups in total. The van der Waals surface area contributed by atoms with E-state index in [0.717, 1.165) is 16.9 Å². The Kier molecular flexibility index (Phi) is 4.62. The maximum atomic E-state index is 8.81. The summed E-state index contributed by atoms with van der Waals surface area (Å²) in [4.78, 5) is 0.